The van der Waals surface area contributed by atoms with Crippen LogP contribution < -0.4 is 5.32 Å². The largest absolute Gasteiger partial charge is 0.464 e. The zero-order valence-electron chi connectivity index (χ0n) is 22.6. The van der Waals surface area contributed by atoms with Gasteiger partial charge in [0.05, 0.1) is 32.7 Å². The van der Waals surface area contributed by atoms with Crippen molar-refractivity contribution in [2.75, 3.05) is 59.3 Å². The normalized spacial score (nSPS) is 21.3. The lowest BCUT2D eigenvalue weighted by Crippen LogP contribution is -2.40. The van der Waals surface area contributed by atoms with E-state index in [0.29, 0.717) is 58.8 Å². The highest BCUT2D eigenvalue weighted by Gasteiger charge is 2.39. The van der Waals surface area contributed by atoms with Crippen LogP contribution in [0.4, 0.5) is 0 Å². The van der Waals surface area contributed by atoms with Gasteiger partial charge in [0.15, 0.2) is 5.76 Å². The van der Waals surface area contributed by atoms with Gasteiger partial charge in [-0.15, -0.1) is 0 Å². The molecule has 0 aliphatic carbocycles. The smallest absolute Gasteiger partial charge is 0.286 e. The molecule has 4 rings (SSSR count). The molecule has 2 aliphatic heterocycles. The maximum Gasteiger partial charge on any atom is 0.286 e. The van der Waals surface area contributed by atoms with Gasteiger partial charge in [0.25, 0.3) is 5.91 Å². The lowest BCUT2D eigenvalue weighted by Gasteiger charge is -2.36. The van der Waals surface area contributed by atoms with Crippen molar-refractivity contribution < 1.29 is 38.1 Å². The van der Waals surface area contributed by atoms with Crippen LogP contribution in [0.1, 0.15) is 44.1 Å². The summed E-state index contributed by atoms with van der Waals surface area (Å²) < 4.78 is 29.0. The number of nitrogens with one attached hydrogen (secondary N) is 1. The molecule has 0 unspecified atom stereocenters. The van der Waals surface area contributed by atoms with Crippen molar-refractivity contribution >= 4 is 22.8 Å². The Kier molecular flexibility index (Phi) is 11.2. The second-order valence-corrected chi connectivity index (χ2v) is 9.68. The summed E-state index contributed by atoms with van der Waals surface area (Å²) in [7, 11) is 0. The molecule has 3 heterocycles. The van der Waals surface area contributed by atoms with Crippen molar-refractivity contribution in [2.24, 2.45) is 5.92 Å². The van der Waals surface area contributed by atoms with Gasteiger partial charge in [-0.3, -0.25) is 9.59 Å². The highest BCUT2D eigenvalue weighted by molar-refractivity contribution is 5.92. The van der Waals surface area contributed by atoms with Crippen LogP contribution in [0.15, 0.2) is 46.8 Å². The van der Waals surface area contributed by atoms with Crippen LogP contribution in [0.2, 0.25) is 0 Å². The first kappa shape index (κ1) is 29.1. The van der Waals surface area contributed by atoms with Crippen LogP contribution in [-0.2, 0) is 28.5 Å². The van der Waals surface area contributed by atoms with Gasteiger partial charge in [0, 0.05) is 62.1 Å². The Morgan fingerprint density at radius 3 is 2.77 bits per heavy atom. The third-order valence-electron chi connectivity index (χ3n) is 7.07. The SMILES string of the molecule is CCO[C@H]1OC(C(=O)NCCCN2CCCC2=O)=C[C@@H](c2coc3ccccc23)[C@H]1CCOCCOCCO. The van der Waals surface area contributed by atoms with E-state index in [0.717, 1.165) is 29.5 Å². The topological polar surface area (TPSA) is 120 Å². The minimum Gasteiger partial charge on any atom is -0.464 e. The van der Waals surface area contributed by atoms with Crippen LogP contribution in [0.25, 0.3) is 11.0 Å². The number of hydrogen-bond donors (Lipinski definition) is 2. The number of carbonyl (C=O) groups is 2. The summed E-state index contributed by atoms with van der Waals surface area (Å²) in [6, 6.07) is 7.83. The maximum absolute atomic E-state index is 13.2. The molecule has 0 spiro atoms. The standard InChI is InChI=1S/C29H40N2O8/c1-2-37-29-22(10-15-35-17-18-36-16-14-32)23(24-20-38-25-8-4-3-7-21(24)25)19-26(39-29)28(34)30-11-6-13-31-12-5-9-27(31)33/h3-4,7-8,19-20,22-23,29,32H,2,5-6,9-18H2,1H3,(H,30,34)/t22-,23-,29+/m1/s1. The number of rotatable bonds is 16. The predicted octanol–water partition coefficient (Wildman–Crippen LogP) is 2.95. The molecule has 1 fully saturated rings. The summed E-state index contributed by atoms with van der Waals surface area (Å²) in [5, 5.41) is 12.8. The van der Waals surface area contributed by atoms with Crippen molar-refractivity contribution in [3.05, 3.63) is 47.9 Å². The van der Waals surface area contributed by atoms with E-state index in [9.17, 15) is 9.59 Å². The summed E-state index contributed by atoms with van der Waals surface area (Å²) in [4.78, 5) is 26.8. The van der Waals surface area contributed by atoms with Crippen molar-refractivity contribution in [3.8, 4) is 0 Å². The van der Waals surface area contributed by atoms with E-state index in [4.69, 9.17) is 28.5 Å². The number of hydrogen-bond acceptors (Lipinski definition) is 8. The molecule has 214 valence electrons. The van der Waals surface area contributed by atoms with Crippen LogP contribution in [0, 0.1) is 5.92 Å². The van der Waals surface area contributed by atoms with Crippen molar-refractivity contribution in [1.82, 2.24) is 10.2 Å². The van der Waals surface area contributed by atoms with Gasteiger partial charge >= 0.3 is 0 Å². The summed E-state index contributed by atoms with van der Waals surface area (Å²) in [6.07, 6.45) is 5.79. The number of amides is 2. The number of likely N-dealkylation sites (tertiary alicyclic amines) is 1. The number of carbonyl (C=O) groups excluding carboxylic acids is 2. The van der Waals surface area contributed by atoms with Crippen LogP contribution >= 0.6 is 0 Å². The minimum absolute atomic E-state index is 0.0177. The Balaban J connectivity index is 1.46. The van der Waals surface area contributed by atoms with E-state index in [1.165, 1.54) is 0 Å². The van der Waals surface area contributed by atoms with Crippen molar-refractivity contribution in [2.45, 2.75) is 44.8 Å². The number of aliphatic hydroxyl groups is 1. The predicted molar refractivity (Wildman–Crippen MR) is 144 cm³/mol. The molecule has 0 saturated carbocycles. The van der Waals surface area contributed by atoms with Crippen LogP contribution in [0.5, 0.6) is 0 Å². The molecule has 3 atom stereocenters. The number of aliphatic hydroxyl groups excluding tert-OH is 1. The van der Waals surface area contributed by atoms with Crippen molar-refractivity contribution in [1.29, 1.82) is 0 Å². The summed E-state index contributed by atoms with van der Waals surface area (Å²) in [5.41, 5.74) is 1.74. The average molecular weight is 545 g/mol. The minimum atomic E-state index is -0.643. The van der Waals surface area contributed by atoms with Gasteiger partial charge in [-0.2, -0.15) is 0 Å². The number of nitrogens with zero attached hydrogens (tertiary/aromatic N) is 1. The second kappa shape index (κ2) is 15.0. The molecule has 2 N–H and O–H groups in total. The second-order valence-electron chi connectivity index (χ2n) is 9.68. The number of furan rings is 1. The van der Waals surface area contributed by atoms with Gasteiger partial charge in [0.1, 0.15) is 5.58 Å². The van der Waals surface area contributed by atoms with Gasteiger partial charge in [-0.25, -0.2) is 0 Å². The quantitative estimate of drug-likeness (QED) is 0.310. The summed E-state index contributed by atoms with van der Waals surface area (Å²) in [5.74, 6) is -0.225. The fraction of sp³-hybridized carbons (Fsp3) is 0.586. The van der Waals surface area contributed by atoms with Crippen LogP contribution in [0.3, 0.4) is 0 Å². The molecule has 1 aromatic carbocycles. The maximum atomic E-state index is 13.2. The average Bonchev–Trinajstić information content (AvgIpc) is 3.56. The Morgan fingerprint density at radius 2 is 2.00 bits per heavy atom. The number of ether oxygens (including phenoxy) is 4. The van der Waals surface area contributed by atoms with Crippen LogP contribution in [-0.4, -0.2) is 87.4 Å². The van der Waals surface area contributed by atoms with Gasteiger partial charge in [0.2, 0.25) is 12.2 Å². The monoisotopic (exact) mass is 544 g/mol. The first-order chi connectivity index (χ1) is 19.1. The molecule has 2 amide bonds. The molecule has 1 saturated heterocycles. The number of allylic oxidation sites excluding steroid dienone is 1. The summed E-state index contributed by atoms with van der Waals surface area (Å²) in [6.45, 7) is 5.74. The van der Waals surface area contributed by atoms with E-state index < -0.39 is 6.29 Å². The molecule has 2 aliphatic rings. The van der Waals surface area contributed by atoms with Gasteiger partial charge in [-0.1, -0.05) is 18.2 Å². The third kappa shape index (κ3) is 7.82. The molecule has 1 aromatic heterocycles. The fourth-order valence-corrected chi connectivity index (χ4v) is 5.16. The van der Waals surface area contributed by atoms with E-state index in [2.05, 4.69) is 5.32 Å². The fourth-order valence-electron chi connectivity index (χ4n) is 5.16. The first-order valence-electron chi connectivity index (χ1n) is 13.9. The Morgan fingerprint density at radius 1 is 1.18 bits per heavy atom. The zero-order chi connectivity index (χ0) is 27.5. The van der Waals surface area contributed by atoms with E-state index >= 15 is 0 Å². The molecule has 0 bridgehead atoms. The first-order valence-corrected chi connectivity index (χ1v) is 13.9. The molecule has 39 heavy (non-hydrogen) atoms. The van der Waals surface area contributed by atoms with Crippen molar-refractivity contribution in [3.63, 3.8) is 0 Å². The lowest BCUT2D eigenvalue weighted by molar-refractivity contribution is -0.168. The van der Waals surface area contributed by atoms with E-state index in [1.807, 2.05) is 42.2 Å². The van der Waals surface area contributed by atoms with E-state index in [-0.39, 0.29) is 42.6 Å². The lowest BCUT2D eigenvalue weighted by atomic mass is 9.81. The van der Waals surface area contributed by atoms with E-state index in [1.54, 1.807) is 6.26 Å². The molecule has 10 heteroatoms. The molecule has 0 radical (unpaired) electrons. The Labute approximate surface area is 229 Å². The number of para-hydroxylation sites is 1. The molecule has 10 nitrogen and oxygen atoms in total. The number of fused-ring (bicyclic) bond motifs is 1. The highest BCUT2D eigenvalue weighted by atomic mass is 16.7. The third-order valence-corrected chi connectivity index (χ3v) is 7.07. The van der Waals surface area contributed by atoms with Gasteiger partial charge < -0.3 is 38.7 Å². The molecular weight excluding hydrogens is 504 g/mol. The van der Waals surface area contributed by atoms with Gasteiger partial charge in [-0.05, 0) is 38.3 Å². The number of benzene rings is 1. The zero-order valence-corrected chi connectivity index (χ0v) is 22.6. The molecule has 2 aromatic rings. The molecular formula is C29H40N2O8. The summed E-state index contributed by atoms with van der Waals surface area (Å²) >= 11 is 0. The Bertz CT molecular complexity index is 1100. The Hall–Kier alpha value is -2.92. The highest BCUT2D eigenvalue weighted by Crippen LogP contribution is 2.41.